The number of nitrogens with zero attached hydrogens (tertiary/aromatic N) is 1. The molecule has 0 spiro atoms. The van der Waals surface area contributed by atoms with E-state index in [-0.39, 0.29) is 23.3 Å². The van der Waals surface area contributed by atoms with E-state index in [1.54, 1.807) is 0 Å². The molecular weight excluding hydrogens is 378 g/mol. The summed E-state index contributed by atoms with van der Waals surface area (Å²) in [6, 6.07) is 17.8. The van der Waals surface area contributed by atoms with E-state index < -0.39 is 0 Å². The molecule has 1 heterocycles. The lowest BCUT2D eigenvalue weighted by Crippen LogP contribution is -2.77. The molecular formula is C23H31N5O2+2. The molecule has 7 nitrogen and oxygen atoms in total. The first-order chi connectivity index (χ1) is 14.4. The summed E-state index contributed by atoms with van der Waals surface area (Å²) in [5.41, 5.74) is 6.33. The van der Waals surface area contributed by atoms with Gasteiger partial charge in [-0.2, -0.15) is 5.32 Å². The topological polar surface area (TPSA) is 115 Å². The number of guanidine groups is 1. The van der Waals surface area contributed by atoms with Crippen molar-refractivity contribution in [3.05, 3.63) is 65.7 Å². The molecule has 30 heavy (non-hydrogen) atoms. The zero-order valence-electron chi connectivity index (χ0n) is 17.5. The van der Waals surface area contributed by atoms with E-state index in [4.69, 9.17) is 5.41 Å². The fourth-order valence-corrected chi connectivity index (χ4v) is 4.11. The minimum atomic E-state index is -0.280. The summed E-state index contributed by atoms with van der Waals surface area (Å²) < 4.78 is 0. The van der Waals surface area contributed by atoms with Crippen LogP contribution in [0.3, 0.4) is 0 Å². The summed E-state index contributed by atoms with van der Waals surface area (Å²) in [6.45, 7) is 3.27. The number of amides is 3. The lowest BCUT2D eigenvalue weighted by Gasteiger charge is -2.43. The third-order valence-electron chi connectivity index (χ3n) is 5.68. The number of aryl methyl sites for hydroxylation is 1. The number of rotatable bonds is 5. The summed E-state index contributed by atoms with van der Waals surface area (Å²) in [5.74, 6) is -0.00413. The molecule has 0 aromatic heterocycles. The van der Waals surface area contributed by atoms with Crippen LogP contribution in [0.4, 0.5) is 10.5 Å². The Morgan fingerprint density at radius 3 is 2.50 bits per heavy atom. The molecule has 0 bridgehead atoms. The molecule has 1 atom stereocenters. The maximum Gasteiger partial charge on any atom is 0.442 e. The average molecular weight is 410 g/mol. The van der Waals surface area contributed by atoms with Crippen molar-refractivity contribution in [2.75, 3.05) is 18.4 Å². The van der Waals surface area contributed by atoms with E-state index in [0.29, 0.717) is 25.9 Å². The Morgan fingerprint density at radius 1 is 1.13 bits per heavy atom. The number of carbonyl (C=O) groups excluding carboxylic acids is 2. The molecule has 2 aromatic carbocycles. The van der Waals surface area contributed by atoms with Gasteiger partial charge in [-0.1, -0.05) is 48.0 Å². The van der Waals surface area contributed by atoms with Crippen molar-refractivity contribution in [3.8, 4) is 0 Å². The highest BCUT2D eigenvalue weighted by atomic mass is 16.2. The summed E-state index contributed by atoms with van der Waals surface area (Å²) >= 11 is 0. The molecule has 158 valence electrons. The number of benzene rings is 2. The molecule has 7 heteroatoms. The summed E-state index contributed by atoms with van der Waals surface area (Å²) in [6.07, 6.45) is 2.74. The van der Waals surface area contributed by atoms with Gasteiger partial charge in [0.15, 0.2) is 0 Å². The van der Waals surface area contributed by atoms with Gasteiger partial charge in [-0.05, 0) is 43.9 Å². The van der Waals surface area contributed by atoms with E-state index in [9.17, 15) is 9.59 Å². The predicted octanol–water partition coefficient (Wildman–Crippen LogP) is 0.814. The van der Waals surface area contributed by atoms with Gasteiger partial charge >= 0.3 is 17.9 Å². The van der Waals surface area contributed by atoms with E-state index >= 15 is 0 Å². The summed E-state index contributed by atoms with van der Waals surface area (Å²) in [5, 5.41) is 11.1. The zero-order valence-corrected chi connectivity index (χ0v) is 17.5. The lowest BCUT2D eigenvalue weighted by molar-refractivity contribution is -0.308. The molecule has 2 aromatic rings. The molecule has 7 N–H and O–H groups in total. The van der Waals surface area contributed by atoms with Crippen LogP contribution in [-0.4, -0.2) is 35.9 Å². The fraction of sp³-hybridized carbons (Fsp3) is 0.348. The van der Waals surface area contributed by atoms with Gasteiger partial charge in [0.1, 0.15) is 0 Å². The average Bonchev–Trinajstić information content (AvgIpc) is 2.74. The zero-order chi connectivity index (χ0) is 21.6. The predicted molar refractivity (Wildman–Crippen MR) is 116 cm³/mol. The van der Waals surface area contributed by atoms with Gasteiger partial charge < -0.3 is 10.2 Å². The van der Waals surface area contributed by atoms with Crippen molar-refractivity contribution in [2.45, 2.75) is 38.0 Å². The highest BCUT2D eigenvalue weighted by Gasteiger charge is 2.39. The van der Waals surface area contributed by atoms with Crippen molar-refractivity contribution in [1.29, 1.82) is 0 Å². The molecule has 0 aliphatic carbocycles. The number of urea groups is 1. The molecule has 1 aliphatic rings. The van der Waals surface area contributed by atoms with Crippen molar-refractivity contribution >= 4 is 23.6 Å². The van der Waals surface area contributed by atoms with Gasteiger partial charge in [-0.15, -0.1) is 0 Å². The van der Waals surface area contributed by atoms with Gasteiger partial charge in [0, 0.05) is 24.2 Å². The molecule has 1 fully saturated rings. The van der Waals surface area contributed by atoms with Gasteiger partial charge in [0.2, 0.25) is 0 Å². The number of piperidine rings is 1. The van der Waals surface area contributed by atoms with Gasteiger partial charge in [0.25, 0.3) is 0 Å². The van der Waals surface area contributed by atoms with E-state index in [0.717, 1.165) is 29.7 Å². The molecule has 3 rings (SSSR count). The second kappa shape index (κ2) is 9.54. The van der Waals surface area contributed by atoms with Crippen LogP contribution in [0.2, 0.25) is 0 Å². The Kier molecular flexibility index (Phi) is 6.84. The largest absolute Gasteiger partial charge is 0.442 e. The Morgan fingerprint density at radius 2 is 1.83 bits per heavy atom. The number of nitrogens with one attached hydrogen (secondary N) is 2. The number of anilines is 1. The van der Waals surface area contributed by atoms with Crippen LogP contribution in [0, 0.1) is 6.92 Å². The first kappa shape index (κ1) is 21.5. The third kappa shape index (κ3) is 5.45. The Bertz CT molecular complexity index is 898. The molecule has 3 amide bonds. The second-order valence-electron chi connectivity index (χ2n) is 8.04. The molecule has 1 unspecified atom stereocenters. The Balaban J connectivity index is 1.76. The van der Waals surface area contributed by atoms with E-state index in [1.807, 2.05) is 54.3 Å². The highest BCUT2D eigenvalue weighted by Crippen LogP contribution is 2.38. The normalized spacial score (nSPS) is 18.5. The quantitative estimate of drug-likeness (QED) is 0.432. The van der Waals surface area contributed by atoms with Crippen LogP contribution in [0.25, 0.3) is 0 Å². The van der Waals surface area contributed by atoms with Crippen LogP contribution in [0.5, 0.6) is 0 Å². The Labute approximate surface area is 177 Å². The van der Waals surface area contributed by atoms with Crippen LogP contribution in [0.15, 0.2) is 54.6 Å². The lowest BCUT2D eigenvalue weighted by atomic mass is 9.71. The maximum atomic E-state index is 13.0. The van der Waals surface area contributed by atoms with Crippen LogP contribution >= 0.6 is 0 Å². The van der Waals surface area contributed by atoms with Gasteiger partial charge in [0.05, 0.1) is 6.42 Å². The maximum absolute atomic E-state index is 13.0. The molecule has 1 aliphatic heterocycles. The monoisotopic (exact) mass is 409 g/mol. The number of nitrogens with two attached hydrogens (primary N) is 1. The molecule has 1 saturated heterocycles. The van der Waals surface area contributed by atoms with Crippen molar-refractivity contribution < 1.29 is 20.7 Å². The number of quaternary nitrogens is 1. The third-order valence-corrected chi connectivity index (χ3v) is 5.68. The van der Waals surface area contributed by atoms with Crippen molar-refractivity contribution in [2.24, 2.45) is 0 Å². The SMILES string of the molecule is Cc1ccc(NC(=O)N2CCCC(CCC(=O)NC(=[NH2+])[NH3+])(c3ccccc3)C2)cc1. The Hall–Kier alpha value is -3.19. The smallest absolute Gasteiger partial charge is 0.324 e. The molecule has 0 radical (unpaired) electrons. The van der Waals surface area contributed by atoms with E-state index in [2.05, 4.69) is 28.5 Å². The minimum absolute atomic E-state index is 0.112. The summed E-state index contributed by atoms with van der Waals surface area (Å²) in [4.78, 5) is 27.0. The van der Waals surface area contributed by atoms with Crippen LogP contribution in [-0.2, 0) is 10.2 Å². The van der Waals surface area contributed by atoms with Crippen molar-refractivity contribution in [1.82, 2.24) is 10.2 Å². The molecule has 0 saturated carbocycles. The minimum Gasteiger partial charge on any atom is -0.324 e. The number of hydrogen-bond donors (Lipinski definition) is 4. The standard InChI is InChI=1S/C23H29N5O2/c1-17-8-10-19(11-9-17)26-22(30)28-15-5-13-23(16-28,18-6-3-2-4-7-18)14-12-20(29)27-21(24)25/h2-4,6-11H,5,12-16H2,1H3,(H,26,30)(H4,24,25,27,29)/p+2. The highest BCUT2D eigenvalue weighted by molar-refractivity contribution is 5.90. The number of carbonyl (C=O) groups is 2. The number of hydrogen-bond acceptors (Lipinski definition) is 2. The summed E-state index contributed by atoms with van der Waals surface area (Å²) in [7, 11) is 0. The van der Waals surface area contributed by atoms with Crippen LogP contribution in [0.1, 0.15) is 36.8 Å². The second-order valence-corrected chi connectivity index (χ2v) is 8.04. The van der Waals surface area contributed by atoms with Crippen molar-refractivity contribution in [3.63, 3.8) is 0 Å². The number of likely N-dealkylation sites (tertiary alicyclic amines) is 1. The first-order valence-corrected chi connectivity index (χ1v) is 10.3. The van der Waals surface area contributed by atoms with Gasteiger partial charge in [-0.3, -0.25) is 5.73 Å². The first-order valence-electron chi connectivity index (χ1n) is 10.3. The fourth-order valence-electron chi connectivity index (χ4n) is 4.11. The van der Waals surface area contributed by atoms with Crippen LogP contribution < -0.4 is 21.8 Å². The van der Waals surface area contributed by atoms with Gasteiger partial charge in [-0.25, -0.2) is 15.0 Å². The van der Waals surface area contributed by atoms with E-state index in [1.165, 1.54) is 0 Å².